The molecule has 172 valence electrons. The summed E-state index contributed by atoms with van der Waals surface area (Å²) in [6.45, 7) is 1.59. The zero-order chi connectivity index (χ0) is 23.3. The first-order chi connectivity index (χ1) is 15.9. The lowest BCUT2D eigenvalue weighted by atomic mass is 10.1. The molecular weight excluding hydrogens is 462 g/mol. The van der Waals surface area contributed by atoms with Crippen LogP contribution in [0.2, 0.25) is 0 Å². The fourth-order valence-electron chi connectivity index (χ4n) is 3.38. The number of aliphatic carboxylic acids is 1. The van der Waals surface area contributed by atoms with Crippen molar-refractivity contribution >= 4 is 39.0 Å². The van der Waals surface area contributed by atoms with E-state index in [0.717, 1.165) is 16.9 Å². The quantitative estimate of drug-likeness (QED) is 0.485. The fraction of sp³-hybridized carbons (Fsp3) is 0.208. The summed E-state index contributed by atoms with van der Waals surface area (Å²) in [5, 5.41) is 9.87. The van der Waals surface area contributed by atoms with Crippen LogP contribution in [0.4, 0.5) is 0 Å². The van der Waals surface area contributed by atoms with E-state index in [9.17, 15) is 18.3 Å². The number of carboxylic acid groups (broad SMARTS) is 1. The monoisotopic (exact) mass is 485 g/mol. The molecule has 0 spiro atoms. The Labute approximate surface area is 196 Å². The van der Waals surface area contributed by atoms with Crippen molar-refractivity contribution < 1.29 is 27.8 Å². The van der Waals surface area contributed by atoms with Crippen molar-refractivity contribution in [2.75, 3.05) is 26.3 Å². The molecule has 0 saturated carbocycles. The third-order valence-corrected chi connectivity index (χ3v) is 8.58. The van der Waals surface area contributed by atoms with Crippen LogP contribution in [-0.4, -0.2) is 50.1 Å². The van der Waals surface area contributed by atoms with Gasteiger partial charge in [-0.2, -0.15) is 4.31 Å². The third kappa shape index (κ3) is 5.51. The first-order valence-electron chi connectivity index (χ1n) is 10.3. The number of rotatable bonds is 8. The van der Waals surface area contributed by atoms with Gasteiger partial charge in [0.15, 0.2) is 0 Å². The Morgan fingerprint density at radius 1 is 1.03 bits per heavy atom. The van der Waals surface area contributed by atoms with Gasteiger partial charge in [-0.1, -0.05) is 48.5 Å². The van der Waals surface area contributed by atoms with Gasteiger partial charge in [0, 0.05) is 23.5 Å². The highest BCUT2D eigenvalue weighted by Gasteiger charge is 2.28. The Bertz CT molecular complexity index is 1240. The maximum Gasteiger partial charge on any atom is 0.337 e. The van der Waals surface area contributed by atoms with Gasteiger partial charge in [0.1, 0.15) is 16.6 Å². The van der Waals surface area contributed by atoms with Crippen molar-refractivity contribution in [1.82, 2.24) is 4.31 Å². The summed E-state index contributed by atoms with van der Waals surface area (Å²) in [7, 11) is -3.69. The van der Waals surface area contributed by atoms with Crippen molar-refractivity contribution in [1.29, 1.82) is 0 Å². The number of morpholine rings is 1. The molecule has 1 N–H and O–H groups in total. The molecule has 0 atom stereocenters. The molecule has 0 amide bonds. The predicted molar refractivity (Wildman–Crippen MR) is 127 cm³/mol. The number of nitrogens with zero attached hydrogens (tertiary/aromatic N) is 1. The Hall–Kier alpha value is -2.98. The number of thiophene rings is 1. The van der Waals surface area contributed by atoms with Gasteiger partial charge in [-0.15, -0.1) is 11.3 Å². The number of para-hydroxylation sites is 1. The molecular formula is C24H23NO6S2. The molecule has 1 aromatic heterocycles. The van der Waals surface area contributed by atoms with Gasteiger partial charge in [-0.25, -0.2) is 13.2 Å². The number of benzene rings is 2. The molecule has 0 unspecified atom stereocenters. The summed E-state index contributed by atoms with van der Waals surface area (Å²) < 4.78 is 38.5. The van der Waals surface area contributed by atoms with Crippen molar-refractivity contribution in [2.45, 2.75) is 10.8 Å². The number of sulfonamides is 1. The van der Waals surface area contributed by atoms with Gasteiger partial charge in [0.2, 0.25) is 0 Å². The van der Waals surface area contributed by atoms with E-state index < -0.39 is 16.0 Å². The van der Waals surface area contributed by atoms with Crippen molar-refractivity contribution in [3.8, 4) is 5.75 Å². The standard InChI is InChI=1S/C24H23NO6S2/c26-24(27)20(22-10-11-23(32-22)33(28,29)25-12-14-30-15-13-25)16-19-8-4-5-9-21(19)31-17-18-6-2-1-3-7-18/h1-11,16H,12-15,17H2,(H,26,27)/b20-16-. The van der Waals surface area contributed by atoms with Crippen LogP contribution in [0.25, 0.3) is 11.6 Å². The lowest BCUT2D eigenvalue weighted by Gasteiger charge is -2.25. The number of hydrogen-bond acceptors (Lipinski definition) is 6. The summed E-state index contributed by atoms with van der Waals surface area (Å²) in [6.07, 6.45) is 1.51. The van der Waals surface area contributed by atoms with Crippen LogP contribution in [-0.2, 0) is 26.2 Å². The predicted octanol–water partition coefficient (Wildman–Crippen LogP) is 3.97. The van der Waals surface area contributed by atoms with Crippen LogP contribution in [0.15, 0.2) is 70.9 Å². The minimum absolute atomic E-state index is 0.000751. The molecule has 0 radical (unpaired) electrons. The van der Waals surface area contributed by atoms with Crippen molar-refractivity contribution in [2.24, 2.45) is 0 Å². The van der Waals surface area contributed by atoms with Gasteiger partial charge in [-0.05, 0) is 29.8 Å². The first kappa shape index (κ1) is 23.2. The summed E-state index contributed by atoms with van der Waals surface area (Å²) in [4.78, 5) is 12.4. The zero-order valence-electron chi connectivity index (χ0n) is 17.7. The second kappa shape index (κ2) is 10.3. The van der Waals surface area contributed by atoms with Crippen LogP contribution < -0.4 is 4.74 Å². The molecule has 2 aromatic carbocycles. The second-order valence-corrected chi connectivity index (χ2v) is 10.6. The fourth-order valence-corrected chi connectivity index (χ4v) is 6.25. The highest BCUT2D eigenvalue weighted by molar-refractivity contribution is 7.91. The Balaban J connectivity index is 1.61. The number of hydrogen-bond donors (Lipinski definition) is 1. The average Bonchev–Trinajstić information content (AvgIpc) is 3.33. The van der Waals surface area contributed by atoms with Gasteiger partial charge in [0.25, 0.3) is 10.0 Å². The molecule has 0 aliphatic carbocycles. The van der Waals surface area contributed by atoms with Crippen molar-refractivity contribution in [3.05, 3.63) is 82.7 Å². The highest BCUT2D eigenvalue weighted by atomic mass is 32.2. The number of carbonyl (C=O) groups is 1. The minimum atomic E-state index is -3.69. The molecule has 7 nitrogen and oxygen atoms in total. The van der Waals surface area contributed by atoms with Gasteiger partial charge < -0.3 is 14.6 Å². The van der Waals surface area contributed by atoms with Crippen LogP contribution in [0.1, 0.15) is 16.0 Å². The molecule has 1 aliphatic rings. The lowest BCUT2D eigenvalue weighted by molar-refractivity contribution is -0.130. The molecule has 33 heavy (non-hydrogen) atoms. The van der Waals surface area contributed by atoms with Crippen molar-refractivity contribution in [3.63, 3.8) is 0 Å². The third-order valence-electron chi connectivity index (χ3n) is 5.10. The lowest BCUT2D eigenvalue weighted by Crippen LogP contribution is -2.40. The molecule has 1 aliphatic heterocycles. The van der Waals surface area contributed by atoms with Crippen LogP contribution in [0, 0.1) is 0 Å². The number of ether oxygens (including phenoxy) is 2. The molecule has 1 saturated heterocycles. The molecule has 0 bridgehead atoms. The van der Waals surface area contributed by atoms with E-state index in [1.165, 1.54) is 22.5 Å². The first-order valence-corrected chi connectivity index (χ1v) is 12.6. The smallest absolute Gasteiger partial charge is 0.337 e. The Morgan fingerprint density at radius 2 is 1.73 bits per heavy atom. The van der Waals surface area contributed by atoms with Gasteiger partial charge >= 0.3 is 5.97 Å². The van der Waals surface area contributed by atoms with Crippen LogP contribution >= 0.6 is 11.3 Å². The topological polar surface area (TPSA) is 93.1 Å². The second-order valence-electron chi connectivity index (χ2n) is 7.31. The Morgan fingerprint density at radius 3 is 2.45 bits per heavy atom. The highest BCUT2D eigenvalue weighted by Crippen LogP contribution is 2.32. The normalized spacial score (nSPS) is 15.3. The molecule has 3 aromatic rings. The van der Waals surface area contributed by atoms with E-state index in [1.54, 1.807) is 18.2 Å². The van der Waals surface area contributed by atoms with E-state index in [1.807, 2.05) is 36.4 Å². The zero-order valence-corrected chi connectivity index (χ0v) is 19.3. The van der Waals surface area contributed by atoms with E-state index in [2.05, 4.69) is 0 Å². The van der Waals surface area contributed by atoms with E-state index in [4.69, 9.17) is 9.47 Å². The average molecular weight is 486 g/mol. The summed E-state index contributed by atoms with van der Waals surface area (Å²) >= 11 is 0.945. The molecule has 9 heteroatoms. The molecule has 2 heterocycles. The molecule has 1 fully saturated rings. The maximum absolute atomic E-state index is 12.9. The van der Waals surface area contributed by atoms with E-state index in [-0.39, 0.29) is 22.9 Å². The van der Waals surface area contributed by atoms with Gasteiger partial charge in [-0.3, -0.25) is 0 Å². The van der Waals surface area contributed by atoms with E-state index in [0.29, 0.717) is 36.0 Å². The van der Waals surface area contributed by atoms with Crippen LogP contribution in [0.3, 0.4) is 0 Å². The van der Waals surface area contributed by atoms with E-state index >= 15 is 0 Å². The van der Waals surface area contributed by atoms with Crippen LogP contribution in [0.5, 0.6) is 5.75 Å². The minimum Gasteiger partial charge on any atom is -0.488 e. The Kier molecular flexibility index (Phi) is 7.24. The SMILES string of the molecule is O=C(O)/C(=C\c1ccccc1OCc1ccccc1)c1ccc(S(=O)(=O)N2CCOCC2)s1. The summed E-state index contributed by atoms with van der Waals surface area (Å²) in [6, 6.07) is 19.8. The number of carboxylic acids is 1. The maximum atomic E-state index is 12.9. The molecule has 4 rings (SSSR count). The summed E-state index contributed by atoms with van der Waals surface area (Å²) in [5.74, 6) is -0.608. The largest absolute Gasteiger partial charge is 0.488 e. The summed E-state index contributed by atoms with van der Waals surface area (Å²) in [5.41, 5.74) is 1.59. The van der Waals surface area contributed by atoms with Gasteiger partial charge in [0.05, 0.1) is 18.8 Å².